The van der Waals surface area contributed by atoms with Crippen molar-refractivity contribution in [3.63, 3.8) is 0 Å². The molecule has 1 atom stereocenters. The molecule has 0 fully saturated rings. The Bertz CT molecular complexity index is 1120. The zero-order valence-electron chi connectivity index (χ0n) is 20.9. The van der Waals surface area contributed by atoms with E-state index in [1.54, 1.807) is 36.3 Å². The lowest BCUT2D eigenvalue weighted by atomic mass is 10.0. The highest BCUT2D eigenvalue weighted by atomic mass is 79.9. The van der Waals surface area contributed by atoms with Crippen molar-refractivity contribution in [3.05, 3.63) is 94.5 Å². The summed E-state index contributed by atoms with van der Waals surface area (Å²) in [6.45, 7) is 4.70. The second-order valence-electron chi connectivity index (χ2n) is 8.96. The molecule has 0 heterocycles. The second kappa shape index (κ2) is 13.7. The Labute approximate surface area is 221 Å². The number of hydrogen-bond donors (Lipinski definition) is 1. The number of methoxy groups -OCH3 is 1. The molecule has 2 amide bonds. The van der Waals surface area contributed by atoms with Gasteiger partial charge in [0.2, 0.25) is 5.91 Å². The van der Waals surface area contributed by atoms with E-state index in [1.807, 2.05) is 68.4 Å². The third kappa shape index (κ3) is 8.41. The molecule has 0 bridgehead atoms. The number of rotatable bonds is 12. The fourth-order valence-corrected chi connectivity index (χ4v) is 4.16. The fourth-order valence-electron chi connectivity index (χ4n) is 3.71. The SMILES string of the molecule is COc1ccc(OCC(=O)N(Cc2cccc(Br)c2)[C@H](Cc2ccccc2)C(=O)NCC(C)C)cc1. The van der Waals surface area contributed by atoms with Crippen LogP contribution in [0.3, 0.4) is 0 Å². The van der Waals surface area contributed by atoms with Gasteiger partial charge in [0.15, 0.2) is 6.61 Å². The number of nitrogens with zero attached hydrogens (tertiary/aromatic N) is 1. The molecular formula is C29H33BrN2O4. The summed E-state index contributed by atoms with van der Waals surface area (Å²) < 4.78 is 11.9. The van der Waals surface area contributed by atoms with Crippen LogP contribution in [0, 0.1) is 5.92 Å². The Kier molecular flexibility index (Phi) is 10.4. The van der Waals surface area contributed by atoms with Gasteiger partial charge >= 0.3 is 0 Å². The minimum Gasteiger partial charge on any atom is -0.497 e. The van der Waals surface area contributed by atoms with Crippen molar-refractivity contribution in [1.29, 1.82) is 0 Å². The smallest absolute Gasteiger partial charge is 0.261 e. The zero-order valence-corrected chi connectivity index (χ0v) is 22.5. The minimum absolute atomic E-state index is 0.180. The van der Waals surface area contributed by atoms with Crippen LogP contribution in [-0.2, 0) is 22.6 Å². The van der Waals surface area contributed by atoms with E-state index in [1.165, 1.54) is 0 Å². The molecule has 7 heteroatoms. The van der Waals surface area contributed by atoms with Crippen LogP contribution in [0.25, 0.3) is 0 Å². The van der Waals surface area contributed by atoms with E-state index in [0.717, 1.165) is 15.6 Å². The molecule has 0 saturated carbocycles. The summed E-state index contributed by atoms with van der Waals surface area (Å²) in [6.07, 6.45) is 0.396. The summed E-state index contributed by atoms with van der Waals surface area (Å²) in [5, 5.41) is 3.02. The standard InChI is InChI=1S/C29H33BrN2O4/c1-21(2)18-31-29(34)27(17-22-8-5-4-6-9-22)32(19-23-10-7-11-24(30)16-23)28(33)20-36-26-14-12-25(35-3)13-15-26/h4-16,21,27H,17-20H2,1-3H3,(H,31,34)/t27-/m1/s1. The summed E-state index contributed by atoms with van der Waals surface area (Å²) in [5.41, 5.74) is 1.89. The molecule has 0 unspecified atom stereocenters. The van der Waals surface area contributed by atoms with Crippen LogP contribution in [0.4, 0.5) is 0 Å². The first kappa shape index (κ1) is 27.3. The number of nitrogens with one attached hydrogen (secondary N) is 1. The molecule has 0 radical (unpaired) electrons. The molecule has 3 aromatic carbocycles. The number of carbonyl (C=O) groups is 2. The first-order chi connectivity index (χ1) is 17.4. The molecule has 6 nitrogen and oxygen atoms in total. The second-order valence-corrected chi connectivity index (χ2v) is 9.88. The van der Waals surface area contributed by atoms with Crippen LogP contribution in [0.1, 0.15) is 25.0 Å². The van der Waals surface area contributed by atoms with Gasteiger partial charge in [-0.05, 0) is 53.4 Å². The maximum atomic E-state index is 13.6. The molecular weight excluding hydrogens is 520 g/mol. The van der Waals surface area contributed by atoms with E-state index >= 15 is 0 Å². The maximum absolute atomic E-state index is 13.6. The Hall–Kier alpha value is -3.32. The molecule has 0 spiro atoms. The van der Waals surface area contributed by atoms with Crippen molar-refractivity contribution < 1.29 is 19.1 Å². The summed E-state index contributed by atoms with van der Waals surface area (Å²) in [5.74, 6) is 1.09. The predicted molar refractivity (Wildman–Crippen MR) is 145 cm³/mol. The molecule has 1 N–H and O–H groups in total. The molecule has 3 aromatic rings. The molecule has 0 aliphatic heterocycles. The van der Waals surface area contributed by atoms with Crippen molar-refractivity contribution in [2.45, 2.75) is 32.9 Å². The number of halogens is 1. The van der Waals surface area contributed by atoms with Gasteiger partial charge in [0, 0.05) is 24.0 Å². The summed E-state index contributed by atoms with van der Waals surface area (Å²) >= 11 is 3.51. The molecule has 0 aliphatic carbocycles. The summed E-state index contributed by atoms with van der Waals surface area (Å²) in [6, 6.07) is 23.9. The quantitative estimate of drug-likeness (QED) is 0.333. The van der Waals surface area contributed by atoms with E-state index in [-0.39, 0.29) is 25.0 Å². The molecule has 0 aromatic heterocycles. The first-order valence-corrected chi connectivity index (χ1v) is 12.8. The summed E-state index contributed by atoms with van der Waals surface area (Å²) in [4.78, 5) is 28.6. The van der Waals surface area contributed by atoms with Gasteiger partial charge in [-0.3, -0.25) is 9.59 Å². The predicted octanol–water partition coefficient (Wildman–Crippen LogP) is 5.25. The number of benzene rings is 3. The number of amides is 2. The van der Waals surface area contributed by atoms with Gasteiger partial charge in [-0.2, -0.15) is 0 Å². The van der Waals surface area contributed by atoms with Crippen LogP contribution >= 0.6 is 15.9 Å². The van der Waals surface area contributed by atoms with Gasteiger partial charge in [-0.1, -0.05) is 72.2 Å². The van der Waals surface area contributed by atoms with Gasteiger partial charge in [0.05, 0.1) is 7.11 Å². The Balaban J connectivity index is 1.88. The van der Waals surface area contributed by atoms with Gasteiger partial charge in [-0.25, -0.2) is 0 Å². The third-order valence-corrected chi connectivity index (χ3v) is 6.11. The van der Waals surface area contributed by atoms with Crippen LogP contribution < -0.4 is 14.8 Å². The van der Waals surface area contributed by atoms with E-state index in [0.29, 0.717) is 30.4 Å². The lowest BCUT2D eigenvalue weighted by molar-refractivity contribution is -0.142. The average Bonchev–Trinajstić information content (AvgIpc) is 2.88. The summed E-state index contributed by atoms with van der Waals surface area (Å²) in [7, 11) is 1.59. The van der Waals surface area contributed by atoms with E-state index in [2.05, 4.69) is 21.2 Å². The van der Waals surface area contributed by atoms with Crippen LogP contribution in [0.5, 0.6) is 11.5 Å². The first-order valence-electron chi connectivity index (χ1n) is 12.0. The van der Waals surface area contributed by atoms with Gasteiger partial charge in [-0.15, -0.1) is 0 Å². The van der Waals surface area contributed by atoms with Crippen molar-refractivity contribution in [1.82, 2.24) is 10.2 Å². The topological polar surface area (TPSA) is 67.9 Å². The largest absolute Gasteiger partial charge is 0.497 e. The van der Waals surface area contributed by atoms with Crippen molar-refractivity contribution >= 4 is 27.7 Å². The van der Waals surface area contributed by atoms with Crippen LogP contribution in [0.15, 0.2) is 83.3 Å². The van der Waals surface area contributed by atoms with E-state index in [4.69, 9.17) is 9.47 Å². The van der Waals surface area contributed by atoms with Crippen molar-refractivity contribution in [2.75, 3.05) is 20.3 Å². The molecule has 0 saturated heterocycles. The molecule has 36 heavy (non-hydrogen) atoms. The van der Waals surface area contributed by atoms with E-state index in [9.17, 15) is 9.59 Å². The zero-order chi connectivity index (χ0) is 25.9. The monoisotopic (exact) mass is 552 g/mol. The Morgan fingerprint density at radius 2 is 1.58 bits per heavy atom. The average molecular weight is 553 g/mol. The fraction of sp³-hybridized carbons (Fsp3) is 0.310. The third-order valence-electron chi connectivity index (χ3n) is 5.62. The molecule has 3 rings (SSSR count). The molecule has 0 aliphatic rings. The minimum atomic E-state index is -0.697. The van der Waals surface area contributed by atoms with Gasteiger partial charge in [0.1, 0.15) is 17.5 Å². The molecule has 190 valence electrons. The van der Waals surface area contributed by atoms with Gasteiger partial charge < -0.3 is 19.7 Å². The highest BCUT2D eigenvalue weighted by Gasteiger charge is 2.30. The number of carbonyl (C=O) groups excluding carboxylic acids is 2. The van der Waals surface area contributed by atoms with E-state index < -0.39 is 6.04 Å². The van der Waals surface area contributed by atoms with Crippen molar-refractivity contribution in [3.8, 4) is 11.5 Å². The highest BCUT2D eigenvalue weighted by Crippen LogP contribution is 2.20. The lowest BCUT2D eigenvalue weighted by Gasteiger charge is -2.31. The number of ether oxygens (including phenoxy) is 2. The Morgan fingerprint density at radius 1 is 0.917 bits per heavy atom. The van der Waals surface area contributed by atoms with Crippen molar-refractivity contribution in [2.24, 2.45) is 5.92 Å². The highest BCUT2D eigenvalue weighted by molar-refractivity contribution is 9.10. The van der Waals surface area contributed by atoms with Crippen LogP contribution in [-0.4, -0.2) is 43.0 Å². The lowest BCUT2D eigenvalue weighted by Crippen LogP contribution is -2.52. The maximum Gasteiger partial charge on any atom is 0.261 e. The van der Waals surface area contributed by atoms with Gasteiger partial charge in [0.25, 0.3) is 5.91 Å². The normalized spacial score (nSPS) is 11.6. The van der Waals surface area contributed by atoms with Crippen LogP contribution in [0.2, 0.25) is 0 Å². The Morgan fingerprint density at radius 3 is 2.22 bits per heavy atom. The number of hydrogen-bond acceptors (Lipinski definition) is 4.